The molecule has 0 radical (unpaired) electrons. The fourth-order valence-corrected chi connectivity index (χ4v) is 3.45. The van der Waals surface area contributed by atoms with Crippen molar-refractivity contribution in [2.24, 2.45) is 5.73 Å². The second-order valence-electron chi connectivity index (χ2n) is 7.13. The van der Waals surface area contributed by atoms with Crippen molar-refractivity contribution in [1.29, 1.82) is 0 Å². The van der Waals surface area contributed by atoms with Crippen LogP contribution in [-0.2, 0) is 19.9 Å². The molecule has 0 aliphatic carbocycles. The van der Waals surface area contributed by atoms with Crippen LogP contribution in [0.15, 0.2) is 30.3 Å². The monoisotopic (exact) mass is 432 g/mol. The lowest BCUT2D eigenvalue weighted by Gasteiger charge is -2.39. The highest BCUT2D eigenvalue weighted by Gasteiger charge is 2.36. The van der Waals surface area contributed by atoms with Gasteiger partial charge in [-0.15, -0.1) is 24.8 Å². The molecule has 2 fully saturated rings. The number of nitrogens with two attached hydrogens (primary N) is 1. The number of morpholine rings is 1. The highest BCUT2D eigenvalue weighted by Crippen LogP contribution is 2.21. The van der Waals surface area contributed by atoms with Crippen LogP contribution in [0, 0.1) is 0 Å². The van der Waals surface area contributed by atoms with Gasteiger partial charge in [0.25, 0.3) is 0 Å². The molecule has 0 saturated carbocycles. The van der Waals surface area contributed by atoms with E-state index < -0.39 is 5.54 Å². The Morgan fingerprint density at radius 1 is 0.964 bits per heavy atom. The van der Waals surface area contributed by atoms with E-state index in [1.807, 2.05) is 35.2 Å². The van der Waals surface area contributed by atoms with Crippen molar-refractivity contribution in [1.82, 2.24) is 14.7 Å². The van der Waals surface area contributed by atoms with E-state index in [-0.39, 0.29) is 36.6 Å². The predicted molar refractivity (Wildman–Crippen MR) is 113 cm³/mol. The predicted octanol–water partition coefficient (Wildman–Crippen LogP) is 0.707. The zero-order chi connectivity index (χ0) is 18.6. The normalized spacial score (nSPS) is 19.8. The van der Waals surface area contributed by atoms with Crippen molar-refractivity contribution in [3.05, 3.63) is 35.9 Å². The van der Waals surface area contributed by atoms with Crippen molar-refractivity contribution < 1.29 is 14.3 Å². The summed E-state index contributed by atoms with van der Waals surface area (Å²) in [7, 11) is 0. The number of rotatable bonds is 4. The van der Waals surface area contributed by atoms with Crippen LogP contribution in [-0.4, -0.2) is 85.5 Å². The minimum Gasteiger partial charge on any atom is -0.379 e. The van der Waals surface area contributed by atoms with E-state index in [9.17, 15) is 9.59 Å². The van der Waals surface area contributed by atoms with E-state index in [0.29, 0.717) is 45.9 Å². The maximum Gasteiger partial charge on any atom is 0.247 e. The standard InChI is InChI=1S/C19H28N4O3.2ClH/c1-19(20,16-5-3-2-4-6-16)18(25)23-9-7-22(8-10-23)17(24)15-21-11-13-26-14-12-21;;/h2-6H,7-15,20H2,1H3;2*1H. The van der Waals surface area contributed by atoms with Gasteiger partial charge in [-0.3, -0.25) is 14.5 Å². The number of carbonyl (C=O) groups is 2. The summed E-state index contributed by atoms with van der Waals surface area (Å²) >= 11 is 0. The molecule has 2 saturated heterocycles. The van der Waals surface area contributed by atoms with Crippen molar-refractivity contribution >= 4 is 36.6 Å². The molecule has 2 aliphatic heterocycles. The fraction of sp³-hybridized carbons (Fsp3) is 0.579. The highest BCUT2D eigenvalue weighted by atomic mass is 35.5. The van der Waals surface area contributed by atoms with Gasteiger partial charge in [0.2, 0.25) is 11.8 Å². The van der Waals surface area contributed by atoms with E-state index in [2.05, 4.69) is 4.90 Å². The molecule has 2 amide bonds. The molecule has 28 heavy (non-hydrogen) atoms. The highest BCUT2D eigenvalue weighted by molar-refractivity contribution is 5.87. The third kappa shape index (κ3) is 5.81. The summed E-state index contributed by atoms with van der Waals surface area (Å²) in [5, 5.41) is 0. The average Bonchev–Trinajstić information content (AvgIpc) is 2.69. The molecular weight excluding hydrogens is 403 g/mol. The van der Waals surface area contributed by atoms with E-state index in [1.54, 1.807) is 11.8 Å². The van der Waals surface area contributed by atoms with Crippen molar-refractivity contribution in [3.8, 4) is 0 Å². The molecule has 7 nitrogen and oxygen atoms in total. The van der Waals surface area contributed by atoms with Crippen LogP contribution < -0.4 is 5.73 Å². The number of hydrogen-bond donors (Lipinski definition) is 1. The van der Waals surface area contributed by atoms with E-state index in [4.69, 9.17) is 10.5 Å². The Balaban J connectivity index is 0.00000196. The van der Waals surface area contributed by atoms with Gasteiger partial charge in [-0.1, -0.05) is 30.3 Å². The molecule has 1 aromatic carbocycles. The first-order valence-corrected chi connectivity index (χ1v) is 9.20. The molecule has 2 heterocycles. The number of piperazine rings is 1. The third-order valence-corrected chi connectivity index (χ3v) is 5.20. The van der Waals surface area contributed by atoms with Crippen LogP contribution >= 0.6 is 24.8 Å². The Morgan fingerprint density at radius 3 is 2.07 bits per heavy atom. The summed E-state index contributed by atoms with van der Waals surface area (Å²) < 4.78 is 5.31. The van der Waals surface area contributed by atoms with Gasteiger partial charge in [-0.2, -0.15) is 0 Å². The summed E-state index contributed by atoms with van der Waals surface area (Å²) in [6, 6.07) is 9.43. The Morgan fingerprint density at radius 2 is 1.50 bits per heavy atom. The largest absolute Gasteiger partial charge is 0.379 e. The second-order valence-corrected chi connectivity index (χ2v) is 7.13. The summed E-state index contributed by atoms with van der Waals surface area (Å²) in [4.78, 5) is 31.1. The number of carbonyl (C=O) groups excluding carboxylic acids is 2. The van der Waals surface area contributed by atoms with Crippen LogP contribution in [0.1, 0.15) is 12.5 Å². The molecule has 158 valence electrons. The molecule has 2 aliphatic rings. The third-order valence-electron chi connectivity index (χ3n) is 5.20. The van der Waals surface area contributed by atoms with E-state index >= 15 is 0 Å². The summed E-state index contributed by atoms with van der Waals surface area (Å²) in [5.74, 6) is 0.0292. The van der Waals surface area contributed by atoms with Crippen LogP contribution in [0.2, 0.25) is 0 Å². The van der Waals surface area contributed by atoms with Crippen LogP contribution in [0.3, 0.4) is 0 Å². The van der Waals surface area contributed by atoms with E-state index in [0.717, 1.165) is 18.7 Å². The molecule has 0 bridgehead atoms. The molecule has 1 unspecified atom stereocenters. The number of benzene rings is 1. The Hall–Kier alpha value is -1.38. The van der Waals surface area contributed by atoms with E-state index in [1.165, 1.54) is 0 Å². The molecule has 0 spiro atoms. The Bertz CT molecular complexity index is 631. The first-order chi connectivity index (χ1) is 12.5. The summed E-state index contributed by atoms with van der Waals surface area (Å²) in [6.07, 6.45) is 0. The topological polar surface area (TPSA) is 79.1 Å². The molecule has 9 heteroatoms. The smallest absolute Gasteiger partial charge is 0.247 e. The number of nitrogens with zero attached hydrogens (tertiary/aromatic N) is 3. The zero-order valence-corrected chi connectivity index (χ0v) is 17.8. The van der Waals surface area contributed by atoms with Gasteiger partial charge in [-0.05, 0) is 12.5 Å². The van der Waals surface area contributed by atoms with Gasteiger partial charge in [0.1, 0.15) is 5.54 Å². The van der Waals surface area contributed by atoms with Gasteiger partial charge in [0.05, 0.1) is 19.8 Å². The molecule has 1 atom stereocenters. The van der Waals surface area contributed by atoms with Gasteiger partial charge in [-0.25, -0.2) is 0 Å². The minimum absolute atomic E-state index is 0. The number of halogens is 2. The minimum atomic E-state index is -1.05. The molecule has 0 aromatic heterocycles. The maximum absolute atomic E-state index is 12.9. The maximum atomic E-state index is 12.9. The van der Waals surface area contributed by atoms with Gasteiger partial charge >= 0.3 is 0 Å². The average molecular weight is 433 g/mol. The lowest BCUT2D eigenvalue weighted by molar-refractivity contribution is -0.143. The molecule has 3 rings (SSSR count). The number of amides is 2. The van der Waals surface area contributed by atoms with Crippen LogP contribution in [0.4, 0.5) is 0 Å². The summed E-state index contributed by atoms with van der Waals surface area (Å²) in [5.41, 5.74) is 6.09. The fourth-order valence-electron chi connectivity index (χ4n) is 3.45. The van der Waals surface area contributed by atoms with Crippen molar-refractivity contribution in [3.63, 3.8) is 0 Å². The Kier molecular flexibility index (Phi) is 9.66. The Labute approximate surface area is 179 Å². The van der Waals surface area contributed by atoms with Gasteiger partial charge < -0.3 is 20.3 Å². The summed E-state index contributed by atoms with van der Waals surface area (Å²) in [6.45, 7) is 7.30. The lowest BCUT2D eigenvalue weighted by Crippen LogP contribution is -2.58. The molecule has 2 N–H and O–H groups in total. The zero-order valence-electron chi connectivity index (χ0n) is 16.2. The number of ether oxygens (including phenoxy) is 1. The van der Waals surface area contributed by atoms with Crippen molar-refractivity contribution in [2.45, 2.75) is 12.5 Å². The van der Waals surface area contributed by atoms with Crippen molar-refractivity contribution in [2.75, 3.05) is 59.0 Å². The van der Waals surface area contributed by atoms with Gasteiger partial charge in [0, 0.05) is 39.3 Å². The molecule has 1 aromatic rings. The molecular formula is C19H30Cl2N4O3. The first-order valence-electron chi connectivity index (χ1n) is 9.20. The number of hydrogen-bond acceptors (Lipinski definition) is 5. The van der Waals surface area contributed by atoms with Crippen LogP contribution in [0.5, 0.6) is 0 Å². The van der Waals surface area contributed by atoms with Gasteiger partial charge in [0.15, 0.2) is 0 Å². The lowest BCUT2D eigenvalue weighted by atomic mass is 9.91. The SMILES string of the molecule is CC(N)(C(=O)N1CCN(C(=O)CN2CCOCC2)CC1)c1ccccc1.Cl.Cl. The first kappa shape index (κ1) is 24.7. The second kappa shape index (κ2) is 11.0. The quantitative estimate of drug-likeness (QED) is 0.757. The van der Waals surface area contributed by atoms with Crippen LogP contribution in [0.25, 0.3) is 0 Å².